The number of benzene rings is 5. The molecule has 0 saturated heterocycles. The highest BCUT2D eigenvalue weighted by atomic mass is 35.5. The standard InChI is InChI=1S/C34H23ClN4O2/c35-25-14-15-29(40-19-24-10-5-9-21-7-3-4-11-26(21)24)27(17-25)30-28(18-36)33(37)41-34-31(30)32(38-39-34)23-13-12-20-6-1-2-8-22(20)16-23/h1-17,30H,19,37H2,(H,38,39)/t30-/m1/s1. The zero-order valence-electron chi connectivity index (χ0n) is 21.8. The van der Waals surface area contributed by atoms with Crippen molar-refractivity contribution in [3.63, 3.8) is 0 Å². The van der Waals surface area contributed by atoms with Gasteiger partial charge in [-0.15, -0.1) is 5.10 Å². The Kier molecular flexibility index (Phi) is 6.07. The molecule has 1 aliphatic heterocycles. The Morgan fingerprint density at radius 2 is 1.68 bits per heavy atom. The van der Waals surface area contributed by atoms with Crippen molar-refractivity contribution in [1.82, 2.24) is 10.2 Å². The maximum absolute atomic E-state index is 10.3. The third-order valence-electron chi connectivity index (χ3n) is 7.52. The molecule has 7 heteroatoms. The fraction of sp³-hybridized carbons (Fsp3) is 0.0588. The molecule has 0 unspecified atom stereocenters. The quantitative estimate of drug-likeness (QED) is 0.226. The van der Waals surface area contributed by atoms with Crippen LogP contribution >= 0.6 is 11.6 Å². The average Bonchev–Trinajstić information content (AvgIpc) is 3.42. The number of H-pyrrole nitrogens is 1. The lowest BCUT2D eigenvalue weighted by Crippen LogP contribution is -2.21. The number of nitrogens with zero attached hydrogens (tertiary/aromatic N) is 2. The van der Waals surface area contributed by atoms with Crippen molar-refractivity contribution in [1.29, 1.82) is 5.26 Å². The smallest absolute Gasteiger partial charge is 0.244 e. The van der Waals surface area contributed by atoms with Crippen LogP contribution in [0, 0.1) is 11.3 Å². The molecule has 41 heavy (non-hydrogen) atoms. The first kappa shape index (κ1) is 24.8. The monoisotopic (exact) mass is 554 g/mol. The van der Waals surface area contributed by atoms with E-state index < -0.39 is 5.92 Å². The van der Waals surface area contributed by atoms with Crippen molar-refractivity contribution in [3.8, 4) is 29.0 Å². The third-order valence-corrected chi connectivity index (χ3v) is 7.76. The molecule has 0 bridgehead atoms. The number of aromatic amines is 1. The maximum atomic E-state index is 10.3. The minimum absolute atomic E-state index is 0.00143. The van der Waals surface area contributed by atoms with Gasteiger partial charge in [0.1, 0.15) is 24.0 Å². The van der Waals surface area contributed by atoms with Gasteiger partial charge in [-0.1, -0.05) is 90.5 Å². The number of nitrogens with one attached hydrogen (secondary N) is 1. The number of nitrogens with two attached hydrogens (primary N) is 1. The van der Waals surface area contributed by atoms with Gasteiger partial charge in [-0.25, -0.2) is 0 Å². The molecule has 0 amide bonds. The summed E-state index contributed by atoms with van der Waals surface area (Å²) in [5.74, 6) is 0.285. The number of ether oxygens (including phenoxy) is 2. The summed E-state index contributed by atoms with van der Waals surface area (Å²) in [7, 11) is 0. The average molecular weight is 555 g/mol. The lowest BCUT2D eigenvalue weighted by molar-refractivity contribution is 0.303. The second-order valence-corrected chi connectivity index (χ2v) is 10.3. The van der Waals surface area contributed by atoms with E-state index in [2.05, 4.69) is 64.8 Å². The molecular weight excluding hydrogens is 532 g/mol. The van der Waals surface area contributed by atoms with Crippen LogP contribution < -0.4 is 15.2 Å². The molecule has 0 fully saturated rings. The molecule has 2 heterocycles. The molecule has 6 aromatic rings. The normalized spacial score (nSPS) is 14.5. The second-order valence-electron chi connectivity index (χ2n) is 9.91. The summed E-state index contributed by atoms with van der Waals surface area (Å²) < 4.78 is 12.3. The van der Waals surface area contributed by atoms with Crippen LogP contribution in [-0.2, 0) is 6.61 Å². The molecule has 0 saturated carbocycles. The molecular formula is C34H23ClN4O2. The Bertz CT molecular complexity index is 2030. The molecule has 0 spiro atoms. The highest BCUT2D eigenvalue weighted by Crippen LogP contribution is 2.48. The summed E-state index contributed by atoms with van der Waals surface area (Å²) in [4.78, 5) is 0. The first-order chi connectivity index (χ1) is 20.1. The molecule has 5 aromatic carbocycles. The maximum Gasteiger partial charge on any atom is 0.244 e. The fourth-order valence-corrected chi connectivity index (χ4v) is 5.75. The van der Waals surface area contributed by atoms with Gasteiger partial charge in [0.05, 0.1) is 17.2 Å². The molecule has 198 valence electrons. The molecule has 0 aliphatic carbocycles. The Labute approximate surface area is 241 Å². The topological polar surface area (TPSA) is 97.0 Å². The summed E-state index contributed by atoms with van der Waals surface area (Å²) in [6, 6.07) is 36.4. The van der Waals surface area contributed by atoms with Crippen molar-refractivity contribution < 1.29 is 9.47 Å². The van der Waals surface area contributed by atoms with Crippen molar-refractivity contribution in [2.24, 2.45) is 5.73 Å². The molecule has 0 radical (unpaired) electrons. The van der Waals surface area contributed by atoms with Gasteiger partial charge in [0, 0.05) is 16.1 Å². The van der Waals surface area contributed by atoms with E-state index in [1.54, 1.807) is 6.07 Å². The van der Waals surface area contributed by atoms with Gasteiger partial charge < -0.3 is 15.2 Å². The van der Waals surface area contributed by atoms with Crippen LogP contribution in [0.25, 0.3) is 32.8 Å². The number of fused-ring (bicyclic) bond motifs is 3. The minimum atomic E-state index is -0.620. The van der Waals surface area contributed by atoms with Crippen LogP contribution in [0.1, 0.15) is 22.6 Å². The SMILES string of the molecule is N#CC1=C(N)Oc2n[nH]c(-c3ccc4ccccc4c3)c2[C@@H]1c1cc(Cl)ccc1OCc1cccc2ccccc12. The molecule has 1 aliphatic rings. The van der Waals surface area contributed by atoms with E-state index in [-0.39, 0.29) is 11.5 Å². The van der Waals surface area contributed by atoms with Gasteiger partial charge >= 0.3 is 0 Å². The fourth-order valence-electron chi connectivity index (χ4n) is 5.57. The number of halogens is 1. The van der Waals surface area contributed by atoms with E-state index in [4.69, 9.17) is 26.8 Å². The molecule has 7 rings (SSSR count). The second kappa shape index (κ2) is 10.1. The van der Waals surface area contributed by atoms with Crippen molar-refractivity contribution in [2.75, 3.05) is 0 Å². The van der Waals surface area contributed by atoms with E-state index in [0.717, 1.165) is 38.4 Å². The Morgan fingerprint density at radius 1 is 0.902 bits per heavy atom. The summed E-state index contributed by atoms with van der Waals surface area (Å²) >= 11 is 6.54. The van der Waals surface area contributed by atoms with Gasteiger partial charge in [-0.2, -0.15) is 5.26 Å². The number of rotatable bonds is 5. The Hall–Kier alpha value is -5.25. The van der Waals surface area contributed by atoms with E-state index in [1.165, 1.54) is 0 Å². The molecule has 3 N–H and O–H groups in total. The zero-order chi connectivity index (χ0) is 27.9. The highest BCUT2D eigenvalue weighted by Gasteiger charge is 2.37. The predicted molar refractivity (Wildman–Crippen MR) is 161 cm³/mol. The van der Waals surface area contributed by atoms with Crippen molar-refractivity contribution >= 4 is 33.1 Å². The summed E-state index contributed by atoms with van der Waals surface area (Å²) in [6.45, 7) is 0.329. The molecule has 1 aromatic heterocycles. The van der Waals surface area contributed by atoms with E-state index in [9.17, 15) is 5.26 Å². The minimum Gasteiger partial charge on any atom is -0.489 e. The summed E-state index contributed by atoms with van der Waals surface area (Å²) in [5.41, 5.74) is 10.6. The van der Waals surface area contributed by atoms with Gasteiger partial charge in [-0.3, -0.25) is 5.10 Å². The number of hydrogen-bond acceptors (Lipinski definition) is 5. The van der Waals surface area contributed by atoms with Crippen LogP contribution in [0.5, 0.6) is 11.6 Å². The van der Waals surface area contributed by atoms with Crippen LogP contribution in [0.3, 0.4) is 0 Å². The third kappa shape index (κ3) is 4.33. The van der Waals surface area contributed by atoms with Crippen LogP contribution in [-0.4, -0.2) is 10.2 Å². The first-order valence-corrected chi connectivity index (χ1v) is 13.5. The van der Waals surface area contributed by atoms with Crippen LogP contribution in [0.2, 0.25) is 5.02 Å². The van der Waals surface area contributed by atoms with E-state index in [0.29, 0.717) is 34.4 Å². The summed E-state index contributed by atoms with van der Waals surface area (Å²) in [6.07, 6.45) is 0. The molecule has 1 atom stereocenters. The van der Waals surface area contributed by atoms with Crippen molar-refractivity contribution in [3.05, 3.63) is 136 Å². The Morgan fingerprint density at radius 3 is 2.54 bits per heavy atom. The van der Waals surface area contributed by atoms with Gasteiger partial charge in [0.15, 0.2) is 0 Å². The van der Waals surface area contributed by atoms with E-state index >= 15 is 0 Å². The molecule has 6 nitrogen and oxygen atoms in total. The largest absolute Gasteiger partial charge is 0.489 e. The lowest BCUT2D eigenvalue weighted by atomic mass is 9.82. The van der Waals surface area contributed by atoms with Gasteiger partial charge in [0.25, 0.3) is 0 Å². The van der Waals surface area contributed by atoms with E-state index in [1.807, 2.05) is 48.5 Å². The van der Waals surface area contributed by atoms with Crippen LogP contribution in [0.4, 0.5) is 0 Å². The predicted octanol–water partition coefficient (Wildman–Crippen LogP) is 7.83. The number of nitriles is 1. The number of aromatic nitrogens is 2. The lowest BCUT2D eigenvalue weighted by Gasteiger charge is -2.26. The van der Waals surface area contributed by atoms with Gasteiger partial charge in [0.2, 0.25) is 11.8 Å². The number of hydrogen-bond donors (Lipinski definition) is 2. The highest BCUT2D eigenvalue weighted by molar-refractivity contribution is 6.30. The van der Waals surface area contributed by atoms with Crippen LogP contribution in [0.15, 0.2) is 115 Å². The Balaban J connectivity index is 1.35. The zero-order valence-corrected chi connectivity index (χ0v) is 22.5. The number of allylic oxidation sites excluding steroid dienone is 1. The van der Waals surface area contributed by atoms with Gasteiger partial charge in [-0.05, 0) is 51.4 Å². The summed E-state index contributed by atoms with van der Waals surface area (Å²) in [5, 5.41) is 22.8. The van der Waals surface area contributed by atoms with Crippen molar-refractivity contribution in [2.45, 2.75) is 12.5 Å². The first-order valence-electron chi connectivity index (χ1n) is 13.1.